The molecule has 0 bridgehead atoms. The Kier molecular flexibility index (Phi) is 7.51. The van der Waals surface area contributed by atoms with Crippen LogP contribution in [0.15, 0.2) is 204 Å². The fourth-order valence-corrected chi connectivity index (χ4v) is 14.5. The summed E-state index contributed by atoms with van der Waals surface area (Å²) in [6.45, 7) is 0. The van der Waals surface area contributed by atoms with Gasteiger partial charge in [0.05, 0.1) is 16.7 Å². The number of hydrogen-bond donors (Lipinski definition) is 0. The highest BCUT2D eigenvalue weighted by molar-refractivity contribution is 7.98. The highest BCUT2D eigenvalue weighted by atomic mass is 32.2. The van der Waals surface area contributed by atoms with Crippen molar-refractivity contribution in [3.63, 3.8) is 0 Å². The first-order valence-corrected chi connectivity index (χ1v) is 21.7. The van der Waals surface area contributed by atoms with E-state index in [1.165, 1.54) is 54.3 Å². The van der Waals surface area contributed by atoms with E-state index in [-0.39, 0.29) is 0 Å². The Labute approximate surface area is 324 Å². The molecule has 0 saturated carbocycles. The topological polar surface area (TPSA) is 31.0 Å². The molecule has 10 aromatic rings. The molecule has 2 aromatic heterocycles. The van der Waals surface area contributed by atoms with Gasteiger partial charge in [0.1, 0.15) is 11.2 Å². The van der Waals surface area contributed by atoms with Crippen molar-refractivity contribution in [1.29, 1.82) is 0 Å². The maximum absolute atomic E-state index is 6.20. The van der Waals surface area contributed by atoms with Crippen molar-refractivity contribution < 1.29 is 4.42 Å². The fourth-order valence-electron chi connectivity index (χ4n) is 8.72. The number of benzene rings is 8. The molecule has 11 rings (SSSR count). The summed E-state index contributed by atoms with van der Waals surface area (Å²) in [7, 11) is -2.85. The number of rotatable bonds is 6. The van der Waals surface area contributed by atoms with Gasteiger partial charge in [0.15, 0.2) is 13.2 Å². The lowest BCUT2D eigenvalue weighted by Gasteiger charge is -2.35. The third-order valence-electron chi connectivity index (χ3n) is 11.3. The van der Waals surface area contributed by atoms with E-state index >= 15 is 0 Å². The summed E-state index contributed by atoms with van der Waals surface area (Å²) >= 11 is 1.81. The lowest BCUT2D eigenvalue weighted by atomic mass is 10.0. The number of para-hydroxylation sites is 3. The van der Waals surface area contributed by atoms with E-state index in [2.05, 4.69) is 187 Å². The summed E-state index contributed by atoms with van der Waals surface area (Å²) in [6.07, 6.45) is 0. The van der Waals surface area contributed by atoms with Crippen LogP contribution < -0.4 is 20.7 Å². The largest absolute Gasteiger partial charge is 0.456 e. The Balaban J connectivity index is 1.09. The van der Waals surface area contributed by atoms with Gasteiger partial charge >= 0.3 is 0 Å². The van der Waals surface area contributed by atoms with Crippen LogP contribution in [0.5, 0.6) is 0 Å². The zero-order chi connectivity index (χ0) is 36.3. The Hall–Kier alpha value is -6.40. The predicted octanol–water partition coefficient (Wildman–Crippen LogP) is 10.2. The SMILES string of the molecule is c1ccc([Si](c2ccccc2)(c2cccc(-c3ccc4c(c3)CSc3nc5ccccc5n3-4)c2)c2cccc(-c3ccc4oc5ccccc5c4c3)c2)cc1. The molecule has 0 unspecified atom stereocenters. The number of furan rings is 1. The van der Waals surface area contributed by atoms with E-state index in [1.54, 1.807) is 0 Å². The Morgan fingerprint density at radius 2 is 1.05 bits per heavy atom. The van der Waals surface area contributed by atoms with Crippen LogP contribution in [0.4, 0.5) is 0 Å². The summed E-state index contributed by atoms with van der Waals surface area (Å²) in [6, 6.07) is 71.4. The smallest absolute Gasteiger partial charge is 0.179 e. The van der Waals surface area contributed by atoms with E-state index in [0.29, 0.717) is 0 Å². The summed E-state index contributed by atoms with van der Waals surface area (Å²) in [5.41, 5.74) is 11.4. The molecule has 1 aliphatic rings. The van der Waals surface area contributed by atoms with Crippen molar-refractivity contribution in [2.24, 2.45) is 0 Å². The van der Waals surface area contributed by atoms with Crippen molar-refractivity contribution in [1.82, 2.24) is 9.55 Å². The average Bonchev–Trinajstić information content (AvgIpc) is 3.83. The number of imidazole rings is 1. The van der Waals surface area contributed by atoms with Gasteiger partial charge in [0, 0.05) is 16.5 Å². The summed E-state index contributed by atoms with van der Waals surface area (Å²) < 4.78 is 8.52. The molecule has 0 saturated heterocycles. The molecule has 0 fully saturated rings. The molecule has 5 heteroatoms. The molecule has 0 radical (unpaired) electrons. The van der Waals surface area contributed by atoms with Gasteiger partial charge < -0.3 is 4.42 Å². The van der Waals surface area contributed by atoms with Gasteiger partial charge in [-0.3, -0.25) is 4.57 Å². The monoisotopic (exact) mass is 738 g/mol. The third-order valence-corrected chi connectivity index (χ3v) is 17.0. The highest BCUT2D eigenvalue weighted by Gasteiger charge is 2.41. The molecule has 3 heterocycles. The quantitative estimate of drug-likeness (QED) is 0.126. The first-order chi connectivity index (χ1) is 27.2. The zero-order valence-corrected chi connectivity index (χ0v) is 31.7. The second kappa shape index (κ2) is 12.9. The van der Waals surface area contributed by atoms with Crippen molar-refractivity contribution >= 4 is 73.6 Å². The number of aromatic nitrogens is 2. The number of fused-ring (bicyclic) bond motifs is 8. The maximum Gasteiger partial charge on any atom is 0.179 e. The lowest BCUT2D eigenvalue weighted by Crippen LogP contribution is -2.74. The third kappa shape index (κ3) is 5.15. The molecular formula is C50H34N2OSSi. The van der Waals surface area contributed by atoms with Crippen molar-refractivity contribution in [2.75, 3.05) is 0 Å². The number of thioether (sulfide) groups is 1. The highest BCUT2D eigenvalue weighted by Crippen LogP contribution is 2.39. The summed E-state index contributed by atoms with van der Waals surface area (Å²) in [5, 5.41) is 8.75. The summed E-state index contributed by atoms with van der Waals surface area (Å²) in [5.74, 6) is 0.895. The standard InChI is InChI=1S/C50H34N2OSSi/c1-3-15-39(16-4-1)55(40-17-5-2-6-18-40,42-20-12-14-35(31-42)37-26-28-49-44(32-37)43-21-7-10-24-48(43)53-49)41-19-11-13-34(30-41)36-25-27-46-38(29-36)33-54-50-51-45-22-8-9-23-47(45)52(46)50/h1-32H,33H2. The Morgan fingerprint density at radius 3 is 1.80 bits per heavy atom. The normalized spacial score (nSPS) is 12.6. The first-order valence-electron chi connectivity index (χ1n) is 18.7. The van der Waals surface area contributed by atoms with Gasteiger partial charge in [0.25, 0.3) is 0 Å². The molecule has 0 N–H and O–H groups in total. The minimum Gasteiger partial charge on any atom is -0.456 e. The van der Waals surface area contributed by atoms with Crippen LogP contribution in [-0.4, -0.2) is 17.6 Å². The van der Waals surface area contributed by atoms with Crippen LogP contribution >= 0.6 is 11.8 Å². The van der Waals surface area contributed by atoms with E-state index < -0.39 is 8.07 Å². The molecule has 0 atom stereocenters. The van der Waals surface area contributed by atoms with Crippen LogP contribution in [0.3, 0.4) is 0 Å². The van der Waals surface area contributed by atoms with E-state index in [0.717, 1.165) is 43.9 Å². The molecule has 1 aliphatic heterocycles. The van der Waals surface area contributed by atoms with Crippen molar-refractivity contribution in [3.05, 3.63) is 200 Å². The zero-order valence-electron chi connectivity index (χ0n) is 29.9. The number of hydrogen-bond acceptors (Lipinski definition) is 3. The van der Waals surface area contributed by atoms with Crippen LogP contribution in [-0.2, 0) is 5.75 Å². The molecule has 0 aliphatic carbocycles. The Morgan fingerprint density at radius 1 is 0.473 bits per heavy atom. The van der Waals surface area contributed by atoms with Gasteiger partial charge in [-0.1, -0.05) is 163 Å². The summed E-state index contributed by atoms with van der Waals surface area (Å²) in [4.78, 5) is 4.93. The van der Waals surface area contributed by atoms with Gasteiger partial charge in [-0.25, -0.2) is 4.98 Å². The minimum atomic E-state index is -2.85. The molecule has 3 nitrogen and oxygen atoms in total. The first kappa shape index (κ1) is 32.1. The predicted molar refractivity (Wildman–Crippen MR) is 232 cm³/mol. The molecule has 0 spiro atoms. The van der Waals surface area contributed by atoms with Crippen LogP contribution in [0, 0.1) is 0 Å². The van der Waals surface area contributed by atoms with Crippen molar-refractivity contribution in [3.8, 4) is 27.9 Å². The van der Waals surface area contributed by atoms with E-state index in [1.807, 2.05) is 23.9 Å². The van der Waals surface area contributed by atoms with Gasteiger partial charge in [-0.05, 0) is 91.0 Å². The molecular weight excluding hydrogens is 705 g/mol. The van der Waals surface area contributed by atoms with Gasteiger partial charge in [0.2, 0.25) is 0 Å². The second-order valence-corrected chi connectivity index (χ2v) is 19.1. The lowest BCUT2D eigenvalue weighted by molar-refractivity contribution is 0.669. The van der Waals surface area contributed by atoms with E-state index in [4.69, 9.17) is 9.40 Å². The fraction of sp³-hybridized carbons (Fsp3) is 0.0200. The number of nitrogens with zero attached hydrogens (tertiary/aromatic N) is 2. The molecule has 260 valence electrons. The van der Waals surface area contributed by atoms with Gasteiger partial charge in [-0.15, -0.1) is 0 Å². The van der Waals surface area contributed by atoms with E-state index in [9.17, 15) is 0 Å². The molecule has 55 heavy (non-hydrogen) atoms. The second-order valence-electron chi connectivity index (χ2n) is 14.3. The molecule has 8 aromatic carbocycles. The minimum absolute atomic E-state index is 0.895. The van der Waals surface area contributed by atoms with Crippen LogP contribution in [0.25, 0.3) is 60.9 Å². The average molecular weight is 739 g/mol. The molecule has 0 amide bonds. The van der Waals surface area contributed by atoms with Crippen LogP contribution in [0.2, 0.25) is 0 Å². The van der Waals surface area contributed by atoms with Gasteiger partial charge in [-0.2, -0.15) is 0 Å². The van der Waals surface area contributed by atoms with Crippen molar-refractivity contribution in [2.45, 2.75) is 10.9 Å². The Bertz CT molecular complexity index is 3020. The maximum atomic E-state index is 6.20. The van der Waals surface area contributed by atoms with Crippen LogP contribution in [0.1, 0.15) is 5.56 Å².